The van der Waals surface area contributed by atoms with Crippen molar-refractivity contribution in [3.63, 3.8) is 0 Å². The molecule has 0 aromatic rings. The van der Waals surface area contributed by atoms with Crippen molar-refractivity contribution < 1.29 is 10.2 Å². The molecule has 0 spiro atoms. The van der Waals surface area contributed by atoms with Crippen LogP contribution in [0, 0.1) is 69.0 Å². The van der Waals surface area contributed by atoms with Crippen LogP contribution in [0.2, 0.25) is 0 Å². The molecule has 0 bridgehead atoms. The van der Waals surface area contributed by atoms with Crippen molar-refractivity contribution in [3.8, 4) is 0 Å². The van der Waals surface area contributed by atoms with Crippen molar-refractivity contribution in [1.29, 1.82) is 0 Å². The van der Waals surface area contributed by atoms with Crippen LogP contribution >= 0.6 is 0 Å². The van der Waals surface area contributed by atoms with Crippen molar-refractivity contribution in [2.75, 3.05) is 0 Å². The summed E-state index contributed by atoms with van der Waals surface area (Å²) in [4.78, 5) is 0. The molecule has 0 heterocycles. The molecule has 0 amide bonds. The molecular formula is C38H60O2. The molecule has 2 heteroatoms. The summed E-state index contributed by atoms with van der Waals surface area (Å²) in [6, 6.07) is 0. The molecule has 40 heavy (non-hydrogen) atoms. The van der Waals surface area contributed by atoms with E-state index < -0.39 is 0 Å². The molecule has 2 nitrogen and oxygen atoms in total. The number of hydrogen-bond donors (Lipinski definition) is 2. The molecule has 0 saturated heterocycles. The lowest BCUT2D eigenvalue weighted by atomic mass is 9.45. The molecule has 0 aromatic heterocycles. The summed E-state index contributed by atoms with van der Waals surface area (Å²) >= 11 is 0. The van der Waals surface area contributed by atoms with E-state index in [0.29, 0.717) is 21.7 Å². The van der Waals surface area contributed by atoms with E-state index in [9.17, 15) is 10.2 Å². The minimum atomic E-state index is -0.00775. The Morgan fingerprint density at radius 1 is 0.500 bits per heavy atom. The number of rotatable bonds is 0. The molecule has 8 aliphatic rings. The fourth-order valence-corrected chi connectivity index (χ4v) is 13.4. The van der Waals surface area contributed by atoms with E-state index in [1.54, 1.807) is 0 Å². The van der Waals surface area contributed by atoms with Gasteiger partial charge in [-0.25, -0.2) is 0 Å². The Bertz CT molecular complexity index is 935. The maximum absolute atomic E-state index is 10.0. The molecule has 2 N–H and O–H groups in total. The van der Waals surface area contributed by atoms with Crippen molar-refractivity contribution in [2.24, 2.45) is 69.0 Å². The first-order chi connectivity index (χ1) is 19.1. The third-order valence-corrected chi connectivity index (χ3v) is 15.9. The van der Waals surface area contributed by atoms with Gasteiger partial charge in [0.1, 0.15) is 0 Å². The highest BCUT2D eigenvalue weighted by molar-refractivity contribution is 5.17. The lowest BCUT2D eigenvalue weighted by Gasteiger charge is -2.60. The first-order valence-corrected chi connectivity index (χ1v) is 17.8. The van der Waals surface area contributed by atoms with Crippen LogP contribution in [-0.2, 0) is 0 Å². The smallest absolute Gasteiger partial charge is 0.0543 e. The standard InChI is InChI=1S/2C19H30O/c2*1-18-9-3-4-16(18)15-6-5-13-12-14(20)7-11-19(13,2)17(15)8-10-18/h2*3,9,13-17,20H,4-8,10-12H2,1-2H3/t13-,14?,15-,16-,17-,18-,19-;13-,14+,15-,16-,17-,18-,19-/m00/s1. The van der Waals surface area contributed by atoms with E-state index in [4.69, 9.17) is 0 Å². The Morgan fingerprint density at radius 3 is 1.35 bits per heavy atom. The Hall–Kier alpha value is -0.600. The van der Waals surface area contributed by atoms with Gasteiger partial charge >= 0.3 is 0 Å². The fraction of sp³-hybridized carbons (Fsp3) is 0.895. The molecule has 224 valence electrons. The topological polar surface area (TPSA) is 40.5 Å². The van der Waals surface area contributed by atoms with Gasteiger partial charge in [-0.05, 0) is 172 Å². The van der Waals surface area contributed by atoms with Gasteiger partial charge < -0.3 is 10.2 Å². The molecule has 14 atom stereocenters. The molecule has 8 aliphatic carbocycles. The highest BCUT2D eigenvalue weighted by Gasteiger charge is 2.58. The average molecular weight is 549 g/mol. The van der Waals surface area contributed by atoms with Crippen LogP contribution < -0.4 is 0 Å². The summed E-state index contributed by atoms with van der Waals surface area (Å²) in [6.07, 6.45) is 30.8. The second kappa shape index (κ2) is 9.97. The Morgan fingerprint density at radius 2 is 0.925 bits per heavy atom. The number of aliphatic hydroxyl groups excluding tert-OH is 2. The summed E-state index contributed by atoms with van der Waals surface area (Å²) in [5, 5.41) is 20.1. The van der Waals surface area contributed by atoms with Gasteiger partial charge in [0.15, 0.2) is 0 Å². The average Bonchev–Trinajstić information content (AvgIpc) is 3.52. The molecule has 6 fully saturated rings. The monoisotopic (exact) mass is 548 g/mol. The first-order valence-electron chi connectivity index (χ1n) is 17.8. The maximum Gasteiger partial charge on any atom is 0.0543 e. The lowest BCUT2D eigenvalue weighted by molar-refractivity contribution is -0.116. The summed E-state index contributed by atoms with van der Waals surface area (Å²) < 4.78 is 0. The van der Waals surface area contributed by atoms with Crippen LogP contribution in [-0.4, -0.2) is 22.4 Å². The van der Waals surface area contributed by atoms with Gasteiger partial charge in [-0.15, -0.1) is 0 Å². The molecule has 0 aromatic carbocycles. The quantitative estimate of drug-likeness (QED) is 0.296. The van der Waals surface area contributed by atoms with Gasteiger partial charge in [0.05, 0.1) is 12.2 Å². The van der Waals surface area contributed by atoms with Crippen molar-refractivity contribution in [3.05, 3.63) is 24.3 Å². The van der Waals surface area contributed by atoms with E-state index >= 15 is 0 Å². The second-order valence-corrected chi connectivity index (χ2v) is 17.5. The zero-order valence-electron chi connectivity index (χ0n) is 26.3. The fourth-order valence-electron chi connectivity index (χ4n) is 13.4. The molecule has 0 aliphatic heterocycles. The normalized spacial score (nSPS) is 57.9. The van der Waals surface area contributed by atoms with E-state index in [-0.39, 0.29) is 12.2 Å². The third kappa shape index (κ3) is 4.30. The van der Waals surface area contributed by atoms with Crippen LogP contribution in [0.1, 0.15) is 130 Å². The largest absolute Gasteiger partial charge is 0.393 e. The zero-order chi connectivity index (χ0) is 27.9. The SMILES string of the molecule is C[C@]12CCC(O)C[C@@H]1CC[C@@H]1[C@@H]2CC[C@]2(C)C=CC[C@@H]12.C[C@]12CC[C@@H](O)C[C@@H]1CC[C@@H]1[C@@H]2CC[C@]2(C)C=CC[C@@H]12. The van der Waals surface area contributed by atoms with E-state index in [1.807, 2.05) is 0 Å². The van der Waals surface area contributed by atoms with Crippen LogP contribution in [0.25, 0.3) is 0 Å². The van der Waals surface area contributed by atoms with Crippen LogP contribution in [0.5, 0.6) is 0 Å². The minimum absolute atomic E-state index is 0.00775. The Balaban J connectivity index is 0.000000132. The summed E-state index contributed by atoms with van der Waals surface area (Å²) in [6.45, 7) is 10.2. The van der Waals surface area contributed by atoms with Gasteiger partial charge in [-0.1, -0.05) is 52.0 Å². The second-order valence-electron chi connectivity index (χ2n) is 17.5. The van der Waals surface area contributed by atoms with Crippen molar-refractivity contribution in [1.82, 2.24) is 0 Å². The van der Waals surface area contributed by atoms with E-state index in [2.05, 4.69) is 52.0 Å². The first kappa shape index (κ1) is 28.2. The molecule has 8 rings (SSSR count). The van der Waals surface area contributed by atoms with Crippen LogP contribution in [0.15, 0.2) is 24.3 Å². The maximum atomic E-state index is 10.0. The number of fused-ring (bicyclic) bond motifs is 10. The highest BCUT2D eigenvalue weighted by Crippen LogP contribution is 2.66. The van der Waals surface area contributed by atoms with Gasteiger partial charge in [0.25, 0.3) is 0 Å². The van der Waals surface area contributed by atoms with Gasteiger partial charge in [-0.3, -0.25) is 0 Å². The van der Waals surface area contributed by atoms with Gasteiger partial charge in [0, 0.05) is 0 Å². The predicted octanol–water partition coefficient (Wildman–Crippen LogP) is 9.11. The van der Waals surface area contributed by atoms with Crippen LogP contribution in [0.4, 0.5) is 0 Å². The van der Waals surface area contributed by atoms with E-state index in [1.165, 1.54) is 77.0 Å². The predicted molar refractivity (Wildman–Crippen MR) is 165 cm³/mol. The Labute approximate surface area is 245 Å². The third-order valence-electron chi connectivity index (χ3n) is 15.9. The van der Waals surface area contributed by atoms with Crippen LogP contribution in [0.3, 0.4) is 0 Å². The number of allylic oxidation sites excluding steroid dienone is 4. The van der Waals surface area contributed by atoms with E-state index in [0.717, 1.165) is 73.0 Å². The summed E-state index contributed by atoms with van der Waals surface area (Å²) in [7, 11) is 0. The highest BCUT2D eigenvalue weighted by atomic mass is 16.3. The number of aliphatic hydroxyl groups is 2. The number of hydrogen-bond acceptors (Lipinski definition) is 2. The van der Waals surface area contributed by atoms with Crippen molar-refractivity contribution >= 4 is 0 Å². The zero-order valence-corrected chi connectivity index (χ0v) is 26.3. The molecule has 1 unspecified atom stereocenters. The van der Waals surface area contributed by atoms with Gasteiger partial charge in [0.2, 0.25) is 0 Å². The molecular weight excluding hydrogens is 488 g/mol. The molecule has 0 radical (unpaired) electrons. The molecule has 6 saturated carbocycles. The summed E-state index contributed by atoms with van der Waals surface area (Å²) in [5.41, 5.74) is 2.09. The summed E-state index contributed by atoms with van der Waals surface area (Å²) in [5.74, 6) is 7.23. The minimum Gasteiger partial charge on any atom is -0.393 e. The lowest BCUT2D eigenvalue weighted by Crippen LogP contribution is -2.53. The Kier molecular flexibility index (Phi) is 7.03. The van der Waals surface area contributed by atoms with Gasteiger partial charge in [-0.2, -0.15) is 0 Å². The van der Waals surface area contributed by atoms with Crippen molar-refractivity contribution in [2.45, 2.75) is 143 Å².